The van der Waals surface area contributed by atoms with Crippen molar-refractivity contribution in [1.29, 1.82) is 0 Å². The maximum atomic E-state index is 10.5. The zero-order chi connectivity index (χ0) is 13.0. The zero-order valence-electron chi connectivity index (χ0n) is 10.3. The minimum absolute atomic E-state index is 0.157. The molecule has 0 bridgehead atoms. The van der Waals surface area contributed by atoms with E-state index < -0.39 is 5.97 Å². The van der Waals surface area contributed by atoms with E-state index in [1.165, 1.54) is 0 Å². The van der Waals surface area contributed by atoms with Crippen LogP contribution in [-0.2, 0) is 22.6 Å². The van der Waals surface area contributed by atoms with Crippen molar-refractivity contribution in [3.8, 4) is 11.5 Å². The molecule has 0 saturated carbocycles. The lowest BCUT2D eigenvalue weighted by Gasteiger charge is -2.20. The molecule has 1 N–H and O–H groups in total. The summed E-state index contributed by atoms with van der Waals surface area (Å²) in [5.74, 6) is 0.775. The fourth-order valence-corrected chi connectivity index (χ4v) is 1.96. The van der Waals surface area contributed by atoms with Gasteiger partial charge >= 0.3 is 5.97 Å². The molecule has 0 unspecified atom stereocenters. The van der Waals surface area contributed by atoms with Gasteiger partial charge in [0.1, 0.15) is 11.5 Å². The lowest BCUT2D eigenvalue weighted by Crippen LogP contribution is -2.12. The number of aliphatic carboxylic acids is 1. The van der Waals surface area contributed by atoms with Gasteiger partial charge in [0.2, 0.25) is 0 Å². The van der Waals surface area contributed by atoms with Gasteiger partial charge in [-0.05, 0) is 30.5 Å². The number of carboxylic acid groups (broad SMARTS) is 1. The van der Waals surface area contributed by atoms with Crippen LogP contribution in [0.15, 0.2) is 12.1 Å². The average Bonchev–Trinajstić information content (AvgIpc) is 2.37. The summed E-state index contributed by atoms with van der Waals surface area (Å²) in [5.41, 5.74) is 1.93. The molecule has 0 saturated heterocycles. The Balaban J connectivity index is 2.14. The van der Waals surface area contributed by atoms with E-state index in [1.807, 2.05) is 12.1 Å². The van der Waals surface area contributed by atoms with Crippen molar-refractivity contribution < 1.29 is 24.1 Å². The van der Waals surface area contributed by atoms with Gasteiger partial charge in [-0.25, -0.2) is 0 Å². The third-order valence-electron chi connectivity index (χ3n) is 2.86. The number of ether oxygens (including phenoxy) is 3. The monoisotopic (exact) mass is 252 g/mol. The van der Waals surface area contributed by atoms with E-state index >= 15 is 0 Å². The molecule has 0 atom stereocenters. The Morgan fingerprint density at radius 3 is 3.06 bits per heavy atom. The molecule has 0 spiro atoms. The first-order valence-corrected chi connectivity index (χ1v) is 5.83. The Kier molecular flexibility index (Phi) is 4.04. The molecule has 2 rings (SSSR count). The Labute approximate surface area is 105 Å². The summed E-state index contributed by atoms with van der Waals surface area (Å²) < 4.78 is 15.9. The van der Waals surface area contributed by atoms with Gasteiger partial charge in [0.15, 0.2) is 6.79 Å². The maximum absolute atomic E-state index is 10.5. The summed E-state index contributed by atoms with van der Waals surface area (Å²) in [6.07, 6.45) is 1.40. The first-order chi connectivity index (χ1) is 8.70. The molecule has 5 nitrogen and oxygen atoms in total. The number of hydrogen-bond donors (Lipinski definition) is 1. The fourth-order valence-electron chi connectivity index (χ4n) is 1.96. The first-order valence-electron chi connectivity index (χ1n) is 5.83. The predicted octanol–water partition coefficient (Wildman–Crippen LogP) is 1.97. The van der Waals surface area contributed by atoms with Crippen molar-refractivity contribution in [2.45, 2.75) is 25.9 Å². The van der Waals surface area contributed by atoms with Crippen LogP contribution in [0.1, 0.15) is 24.0 Å². The van der Waals surface area contributed by atoms with Gasteiger partial charge in [-0.3, -0.25) is 4.79 Å². The standard InChI is InChI=1S/C13H16O5/c1-16-11-6-10-7-17-8-18-12(10)5-9(11)3-2-4-13(14)15/h5-6H,2-4,7-8H2,1H3,(H,14,15). The van der Waals surface area contributed by atoms with E-state index in [4.69, 9.17) is 19.3 Å². The highest BCUT2D eigenvalue weighted by Gasteiger charge is 2.15. The maximum Gasteiger partial charge on any atom is 0.303 e. The average molecular weight is 252 g/mol. The van der Waals surface area contributed by atoms with E-state index in [0.717, 1.165) is 22.6 Å². The molecule has 1 aromatic rings. The number of aryl methyl sites for hydroxylation is 1. The Bertz CT molecular complexity index is 441. The van der Waals surface area contributed by atoms with E-state index in [0.29, 0.717) is 19.4 Å². The van der Waals surface area contributed by atoms with Crippen molar-refractivity contribution in [2.24, 2.45) is 0 Å². The number of rotatable bonds is 5. The van der Waals surface area contributed by atoms with E-state index in [2.05, 4.69) is 0 Å². The van der Waals surface area contributed by atoms with E-state index in [-0.39, 0.29) is 13.2 Å². The molecule has 0 fully saturated rings. The van der Waals surface area contributed by atoms with Gasteiger partial charge in [-0.15, -0.1) is 0 Å². The van der Waals surface area contributed by atoms with Crippen LogP contribution >= 0.6 is 0 Å². The smallest absolute Gasteiger partial charge is 0.303 e. The number of benzene rings is 1. The Morgan fingerprint density at radius 1 is 1.50 bits per heavy atom. The Morgan fingerprint density at radius 2 is 2.33 bits per heavy atom. The molecular weight excluding hydrogens is 236 g/mol. The largest absolute Gasteiger partial charge is 0.496 e. The second kappa shape index (κ2) is 5.73. The van der Waals surface area contributed by atoms with Crippen molar-refractivity contribution in [1.82, 2.24) is 0 Å². The summed E-state index contributed by atoms with van der Waals surface area (Å²) in [5, 5.41) is 8.64. The first kappa shape index (κ1) is 12.7. The van der Waals surface area contributed by atoms with Gasteiger partial charge in [-0.1, -0.05) is 0 Å². The highest BCUT2D eigenvalue weighted by atomic mass is 16.7. The van der Waals surface area contributed by atoms with Crippen LogP contribution in [0.4, 0.5) is 0 Å². The zero-order valence-corrected chi connectivity index (χ0v) is 10.3. The summed E-state index contributed by atoms with van der Waals surface area (Å²) >= 11 is 0. The second-order valence-corrected chi connectivity index (χ2v) is 4.13. The van der Waals surface area contributed by atoms with Gasteiger partial charge < -0.3 is 19.3 Å². The van der Waals surface area contributed by atoms with Crippen molar-refractivity contribution in [3.05, 3.63) is 23.3 Å². The third kappa shape index (κ3) is 2.92. The van der Waals surface area contributed by atoms with E-state index in [1.54, 1.807) is 7.11 Å². The van der Waals surface area contributed by atoms with Crippen molar-refractivity contribution in [2.75, 3.05) is 13.9 Å². The number of carboxylic acids is 1. The molecule has 0 aliphatic carbocycles. The number of fused-ring (bicyclic) bond motifs is 1. The lowest BCUT2D eigenvalue weighted by atomic mass is 10.0. The van der Waals surface area contributed by atoms with Crippen LogP contribution in [0.5, 0.6) is 11.5 Å². The van der Waals surface area contributed by atoms with Crippen LogP contribution in [0.2, 0.25) is 0 Å². The summed E-state index contributed by atoms with van der Waals surface area (Å²) in [4.78, 5) is 10.5. The summed E-state index contributed by atoms with van der Waals surface area (Å²) in [7, 11) is 1.60. The fraction of sp³-hybridized carbons (Fsp3) is 0.462. The van der Waals surface area contributed by atoms with Gasteiger partial charge in [0.25, 0.3) is 0 Å². The van der Waals surface area contributed by atoms with Crippen LogP contribution in [0.3, 0.4) is 0 Å². The molecule has 1 aliphatic rings. The summed E-state index contributed by atoms with van der Waals surface area (Å²) in [6, 6.07) is 3.81. The number of methoxy groups -OCH3 is 1. The van der Waals surface area contributed by atoms with Gasteiger partial charge in [0, 0.05) is 12.0 Å². The molecular formula is C13H16O5. The third-order valence-corrected chi connectivity index (χ3v) is 2.86. The molecule has 0 radical (unpaired) electrons. The number of carbonyl (C=O) groups is 1. The molecule has 98 valence electrons. The predicted molar refractivity (Wildman–Crippen MR) is 63.9 cm³/mol. The molecule has 1 aliphatic heterocycles. The van der Waals surface area contributed by atoms with Crippen LogP contribution in [-0.4, -0.2) is 25.0 Å². The number of hydrogen-bond acceptors (Lipinski definition) is 4. The van der Waals surface area contributed by atoms with Crippen molar-refractivity contribution in [3.63, 3.8) is 0 Å². The lowest BCUT2D eigenvalue weighted by molar-refractivity contribution is -0.137. The molecule has 18 heavy (non-hydrogen) atoms. The Hall–Kier alpha value is -1.75. The second-order valence-electron chi connectivity index (χ2n) is 4.13. The summed E-state index contributed by atoms with van der Waals surface area (Å²) in [6.45, 7) is 0.773. The van der Waals surface area contributed by atoms with Crippen LogP contribution < -0.4 is 9.47 Å². The molecule has 1 aromatic carbocycles. The normalized spacial score (nSPS) is 13.6. The molecule has 5 heteroatoms. The molecule has 1 heterocycles. The molecule has 0 amide bonds. The topological polar surface area (TPSA) is 65.0 Å². The van der Waals surface area contributed by atoms with Crippen LogP contribution in [0, 0.1) is 0 Å². The minimum atomic E-state index is -0.781. The minimum Gasteiger partial charge on any atom is -0.496 e. The van der Waals surface area contributed by atoms with Gasteiger partial charge in [-0.2, -0.15) is 0 Å². The SMILES string of the molecule is COc1cc2c(cc1CCCC(=O)O)OCOC2. The van der Waals surface area contributed by atoms with Crippen molar-refractivity contribution >= 4 is 5.97 Å². The highest BCUT2D eigenvalue weighted by Crippen LogP contribution is 2.32. The van der Waals surface area contributed by atoms with E-state index in [9.17, 15) is 4.79 Å². The van der Waals surface area contributed by atoms with Gasteiger partial charge in [0.05, 0.1) is 13.7 Å². The highest BCUT2D eigenvalue weighted by molar-refractivity contribution is 5.66. The molecule has 0 aromatic heterocycles. The quantitative estimate of drug-likeness (QED) is 0.867. The van der Waals surface area contributed by atoms with Crippen LogP contribution in [0.25, 0.3) is 0 Å².